The number of carbonyl (C=O) groups excluding carboxylic acids is 1. The lowest BCUT2D eigenvalue weighted by molar-refractivity contribution is 0.0999. The van der Waals surface area contributed by atoms with Gasteiger partial charge in [-0.05, 0) is 51.8 Å². The first-order chi connectivity index (χ1) is 10.1. The van der Waals surface area contributed by atoms with E-state index in [4.69, 9.17) is 5.73 Å². The minimum absolute atomic E-state index is 0.406. The molecule has 0 radical (unpaired) electrons. The van der Waals surface area contributed by atoms with Gasteiger partial charge in [0.1, 0.15) is 5.82 Å². The third-order valence-corrected chi connectivity index (χ3v) is 4.90. The smallest absolute Gasteiger partial charge is 0.250 e. The SMILES string of the molecule is Cc1nc(N2CC[C@H](N3CCC[C@@H]3C)C2)ccc1C(N)=O. The van der Waals surface area contributed by atoms with Crippen molar-refractivity contribution >= 4 is 11.7 Å². The zero-order valence-corrected chi connectivity index (χ0v) is 12.9. The van der Waals surface area contributed by atoms with Crippen molar-refractivity contribution in [1.29, 1.82) is 0 Å². The molecule has 3 heterocycles. The molecule has 114 valence electrons. The highest BCUT2D eigenvalue weighted by molar-refractivity contribution is 5.94. The number of aromatic nitrogens is 1. The predicted octanol–water partition coefficient (Wildman–Crippen LogP) is 1.55. The molecule has 0 unspecified atom stereocenters. The fraction of sp³-hybridized carbons (Fsp3) is 0.625. The van der Waals surface area contributed by atoms with Gasteiger partial charge in [0.15, 0.2) is 0 Å². The molecule has 2 atom stereocenters. The van der Waals surface area contributed by atoms with Crippen molar-refractivity contribution in [2.45, 2.75) is 45.2 Å². The van der Waals surface area contributed by atoms with Gasteiger partial charge < -0.3 is 10.6 Å². The van der Waals surface area contributed by atoms with E-state index in [0.29, 0.717) is 17.6 Å². The third-order valence-electron chi connectivity index (χ3n) is 4.90. The fourth-order valence-corrected chi connectivity index (χ4v) is 3.70. The van der Waals surface area contributed by atoms with Crippen LogP contribution in [-0.4, -0.2) is 47.5 Å². The average Bonchev–Trinajstić information content (AvgIpc) is 3.06. The summed E-state index contributed by atoms with van der Waals surface area (Å²) < 4.78 is 0. The maximum atomic E-state index is 11.3. The van der Waals surface area contributed by atoms with Gasteiger partial charge in [-0.1, -0.05) is 0 Å². The van der Waals surface area contributed by atoms with Gasteiger partial charge in [0.2, 0.25) is 0 Å². The zero-order chi connectivity index (χ0) is 15.0. The molecular weight excluding hydrogens is 264 g/mol. The highest BCUT2D eigenvalue weighted by Gasteiger charge is 2.33. The molecular formula is C16H24N4O. The highest BCUT2D eigenvalue weighted by Crippen LogP contribution is 2.27. The summed E-state index contributed by atoms with van der Waals surface area (Å²) in [5.74, 6) is 0.559. The van der Waals surface area contributed by atoms with Crippen LogP contribution >= 0.6 is 0 Å². The van der Waals surface area contributed by atoms with E-state index in [0.717, 1.165) is 24.6 Å². The van der Waals surface area contributed by atoms with E-state index >= 15 is 0 Å². The third kappa shape index (κ3) is 2.75. The highest BCUT2D eigenvalue weighted by atomic mass is 16.1. The largest absolute Gasteiger partial charge is 0.366 e. The molecule has 0 saturated carbocycles. The minimum Gasteiger partial charge on any atom is -0.366 e. The molecule has 2 saturated heterocycles. The van der Waals surface area contributed by atoms with E-state index in [9.17, 15) is 4.79 Å². The Morgan fingerprint density at radius 3 is 2.76 bits per heavy atom. The normalized spacial score (nSPS) is 26.5. The Hall–Kier alpha value is -1.62. The summed E-state index contributed by atoms with van der Waals surface area (Å²) >= 11 is 0. The number of nitrogens with zero attached hydrogens (tertiary/aromatic N) is 3. The summed E-state index contributed by atoms with van der Waals surface area (Å²) in [5, 5.41) is 0. The molecule has 0 aliphatic carbocycles. The lowest BCUT2D eigenvalue weighted by Crippen LogP contribution is -2.39. The number of likely N-dealkylation sites (tertiary alicyclic amines) is 1. The van der Waals surface area contributed by atoms with Crippen molar-refractivity contribution in [3.63, 3.8) is 0 Å². The minimum atomic E-state index is -0.406. The molecule has 2 aliphatic rings. The lowest BCUT2D eigenvalue weighted by atomic mass is 10.2. The monoisotopic (exact) mass is 288 g/mol. The van der Waals surface area contributed by atoms with Gasteiger partial charge in [-0.15, -0.1) is 0 Å². The number of primary amides is 1. The number of rotatable bonds is 3. The number of anilines is 1. The van der Waals surface area contributed by atoms with Gasteiger partial charge >= 0.3 is 0 Å². The number of carbonyl (C=O) groups is 1. The summed E-state index contributed by atoms with van der Waals surface area (Å²) in [4.78, 5) is 20.8. The van der Waals surface area contributed by atoms with Crippen molar-refractivity contribution in [3.8, 4) is 0 Å². The number of amides is 1. The molecule has 5 heteroatoms. The van der Waals surface area contributed by atoms with E-state index in [2.05, 4.69) is 21.7 Å². The number of hydrogen-bond donors (Lipinski definition) is 1. The lowest BCUT2D eigenvalue weighted by Gasteiger charge is -2.28. The topological polar surface area (TPSA) is 62.5 Å². The molecule has 1 amide bonds. The second-order valence-corrected chi connectivity index (χ2v) is 6.28. The van der Waals surface area contributed by atoms with Crippen molar-refractivity contribution in [2.24, 2.45) is 5.73 Å². The molecule has 0 aromatic carbocycles. The molecule has 1 aromatic heterocycles. The van der Waals surface area contributed by atoms with Crippen LogP contribution in [0.4, 0.5) is 5.82 Å². The van der Waals surface area contributed by atoms with Crippen LogP contribution in [0.25, 0.3) is 0 Å². The molecule has 5 nitrogen and oxygen atoms in total. The molecule has 2 aliphatic heterocycles. The molecule has 0 spiro atoms. The van der Waals surface area contributed by atoms with Gasteiger partial charge in [0.05, 0.1) is 11.3 Å². The summed E-state index contributed by atoms with van der Waals surface area (Å²) in [5.41, 5.74) is 6.58. The second-order valence-electron chi connectivity index (χ2n) is 6.28. The van der Waals surface area contributed by atoms with Crippen LogP contribution in [0.15, 0.2) is 12.1 Å². The summed E-state index contributed by atoms with van der Waals surface area (Å²) in [6.07, 6.45) is 3.84. The Kier molecular flexibility index (Phi) is 3.85. The molecule has 0 bridgehead atoms. The first-order valence-corrected chi connectivity index (χ1v) is 7.84. The Morgan fingerprint density at radius 1 is 1.33 bits per heavy atom. The maximum Gasteiger partial charge on any atom is 0.250 e. The Labute approximate surface area is 126 Å². The summed E-state index contributed by atoms with van der Waals surface area (Å²) in [6, 6.07) is 5.07. The second kappa shape index (κ2) is 5.64. The van der Waals surface area contributed by atoms with Crippen molar-refractivity contribution in [1.82, 2.24) is 9.88 Å². The average molecular weight is 288 g/mol. The number of nitrogens with two attached hydrogens (primary N) is 1. The van der Waals surface area contributed by atoms with Crippen LogP contribution < -0.4 is 10.6 Å². The Balaban J connectivity index is 1.71. The number of hydrogen-bond acceptors (Lipinski definition) is 4. The van der Waals surface area contributed by atoms with Gasteiger partial charge in [-0.3, -0.25) is 9.69 Å². The van der Waals surface area contributed by atoms with Gasteiger partial charge in [0, 0.05) is 25.2 Å². The van der Waals surface area contributed by atoms with Crippen molar-refractivity contribution in [2.75, 3.05) is 24.5 Å². The molecule has 2 fully saturated rings. The van der Waals surface area contributed by atoms with E-state index in [1.54, 1.807) is 6.07 Å². The molecule has 3 rings (SSSR count). The molecule has 2 N–H and O–H groups in total. The summed E-state index contributed by atoms with van der Waals surface area (Å²) in [6.45, 7) is 7.48. The Bertz CT molecular complexity index is 545. The van der Waals surface area contributed by atoms with Crippen molar-refractivity contribution in [3.05, 3.63) is 23.4 Å². The first-order valence-electron chi connectivity index (χ1n) is 7.84. The summed E-state index contributed by atoms with van der Waals surface area (Å²) in [7, 11) is 0. The van der Waals surface area contributed by atoms with Crippen LogP contribution in [0, 0.1) is 6.92 Å². The van der Waals surface area contributed by atoms with E-state index in [1.807, 2.05) is 13.0 Å². The first kappa shape index (κ1) is 14.3. The quantitative estimate of drug-likeness (QED) is 0.916. The predicted molar refractivity (Wildman–Crippen MR) is 83.5 cm³/mol. The molecule has 1 aromatic rings. The van der Waals surface area contributed by atoms with E-state index in [-0.39, 0.29) is 0 Å². The van der Waals surface area contributed by atoms with E-state index in [1.165, 1.54) is 25.8 Å². The number of aryl methyl sites for hydroxylation is 1. The fourth-order valence-electron chi connectivity index (χ4n) is 3.70. The van der Waals surface area contributed by atoms with Crippen molar-refractivity contribution < 1.29 is 4.79 Å². The zero-order valence-electron chi connectivity index (χ0n) is 12.9. The van der Waals surface area contributed by atoms with Gasteiger partial charge in [-0.25, -0.2) is 4.98 Å². The number of pyridine rings is 1. The van der Waals surface area contributed by atoms with Gasteiger partial charge in [0.25, 0.3) is 5.91 Å². The standard InChI is InChI=1S/C16H24N4O/c1-11-4-3-8-20(11)13-7-9-19(10-13)15-6-5-14(16(17)21)12(2)18-15/h5-6,11,13H,3-4,7-10H2,1-2H3,(H2,17,21)/t11-,13-/m0/s1. The van der Waals surface area contributed by atoms with Crippen LogP contribution in [0.5, 0.6) is 0 Å². The van der Waals surface area contributed by atoms with Gasteiger partial charge in [-0.2, -0.15) is 0 Å². The van der Waals surface area contributed by atoms with Crippen LogP contribution in [-0.2, 0) is 0 Å². The van der Waals surface area contributed by atoms with Crippen LogP contribution in [0.1, 0.15) is 42.2 Å². The maximum absolute atomic E-state index is 11.3. The van der Waals surface area contributed by atoms with E-state index < -0.39 is 5.91 Å². The van der Waals surface area contributed by atoms with Crippen LogP contribution in [0.2, 0.25) is 0 Å². The molecule has 21 heavy (non-hydrogen) atoms. The Morgan fingerprint density at radius 2 is 2.14 bits per heavy atom. The van der Waals surface area contributed by atoms with Crippen LogP contribution in [0.3, 0.4) is 0 Å².